The predicted octanol–water partition coefficient (Wildman–Crippen LogP) is 3.40. The van der Waals surface area contributed by atoms with E-state index in [0.717, 1.165) is 6.42 Å². The Hall–Kier alpha value is -1.71. The molecule has 0 aromatic heterocycles. The van der Waals surface area contributed by atoms with Crippen LogP contribution in [-0.2, 0) is 0 Å². The van der Waals surface area contributed by atoms with Crippen LogP contribution in [0.5, 0.6) is 11.5 Å². The zero-order valence-corrected chi connectivity index (χ0v) is 13.1. The summed E-state index contributed by atoms with van der Waals surface area (Å²) in [6.45, 7) is 4.70. The standard InChI is InChI=1S/C17H25NO3/c1-4-21-15-10-9-13(11-16(15)20-3)17(19)18-14-8-6-5-7-12(14)2/h9-12,14H,4-8H2,1-3H3,(H,18,19)/t12-,14+/m0/s1. The normalized spacial score (nSPS) is 21.7. The smallest absolute Gasteiger partial charge is 0.251 e. The van der Waals surface area contributed by atoms with Gasteiger partial charge < -0.3 is 14.8 Å². The number of methoxy groups -OCH3 is 1. The van der Waals surface area contributed by atoms with Crippen LogP contribution < -0.4 is 14.8 Å². The molecule has 1 aliphatic carbocycles. The van der Waals surface area contributed by atoms with Gasteiger partial charge in [-0.2, -0.15) is 0 Å². The minimum Gasteiger partial charge on any atom is -0.493 e. The molecule has 1 N–H and O–H groups in total. The second-order valence-corrected chi connectivity index (χ2v) is 5.64. The third-order valence-electron chi connectivity index (χ3n) is 4.15. The van der Waals surface area contributed by atoms with Crippen molar-refractivity contribution in [3.05, 3.63) is 23.8 Å². The number of hydrogen-bond donors (Lipinski definition) is 1. The lowest BCUT2D eigenvalue weighted by atomic mass is 9.86. The van der Waals surface area contributed by atoms with Crippen molar-refractivity contribution in [1.29, 1.82) is 0 Å². The lowest BCUT2D eigenvalue weighted by molar-refractivity contribution is 0.0910. The van der Waals surface area contributed by atoms with Gasteiger partial charge >= 0.3 is 0 Å². The van der Waals surface area contributed by atoms with Crippen LogP contribution in [0, 0.1) is 5.92 Å². The van der Waals surface area contributed by atoms with Crippen LogP contribution in [0.15, 0.2) is 18.2 Å². The molecule has 2 atom stereocenters. The van der Waals surface area contributed by atoms with E-state index in [9.17, 15) is 4.79 Å². The van der Waals surface area contributed by atoms with Crippen molar-refractivity contribution in [3.63, 3.8) is 0 Å². The monoisotopic (exact) mass is 291 g/mol. The topological polar surface area (TPSA) is 47.6 Å². The van der Waals surface area contributed by atoms with Gasteiger partial charge in [-0.3, -0.25) is 4.79 Å². The summed E-state index contributed by atoms with van der Waals surface area (Å²) in [6.07, 6.45) is 4.73. The molecule has 1 aromatic carbocycles. The molecular weight excluding hydrogens is 266 g/mol. The highest BCUT2D eigenvalue weighted by Gasteiger charge is 2.23. The van der Waals surface area contributed by atoms with Crippen LogP contribution in [0.25, 0.3) is 0 Å². The molecule has 1 aliphatic rings. The third kappa shape index (κ3) is 3.90. The molecule has 4 nitrogen and oxygen atoms in total. The molecule has 0 radical (unpaired) electrons. The van der Waals surface area contributed by atoms with Crippen LogP contribution in [0.1, 0.15) is 49.9 Å². The van der Waals surface area contributed by atoms with Gasteiger partial charge in [0.2, 0.25) is 0 Å². The van der Waals surface area contributed by atoms with Crippen molar-refractivity contribution in [3.8, 4) is 11.5 Å². The van der Waals surface area contributed by atoms with Crippen molar-refractivity contribution >= 4 is 5.91 Å². The van der Waals surface area contributed by atoms with E-state index in [1.54, 1.807) is 25.3 Å². The van der Waals surface area contributed by atoms with Gasteiger partial charge in [0.05, 0.1) is 13.7 Å². The van der Waals surface area contributed by atoms with Crippen molar-refractivity contribution in [2.75, 3.05) is 13.7 Å². The van der Waals surface area contributed by atoms with Crippen molar-refractivity contribution in [2.45, 2.75) is 45.6 Å². The second kappa shape index (κ2) is 7.34. The minimum absolute atomic E-state index is 0.0323. The number of rotatable bonds is 5. The van der Waals surface area contributed by atoms with Crippen molar-refractivity contribution in [2.24, 2.45) is 5.92 Å². The number of hydrogen-bond acceptors (Lipinski definition) is 3. The molecule has 0 unspecified atom stereocenters. The van der Waals surface area contributed by atoms with E-state index in [4.69, 9.17) is 9.47 Å². The van der Waals surface area contributed by atoms with Gasteiger partial charge in [-0.25, -0.2) is 0 Å². The zero-order valence-electron chi connectivity index (χ0n) is 13.1. The van der Waals surface area contributed by atoms with Gasteiger partial charge in [0.25, 0.3) is 5.91 Å². The van der Waals surface area contributed by atoms with Crippen LogP contribution in [0.3, 0.4) is 0 Å². The van der Waals surface area contributed by atoms with E-state index >= 15 is 0 Å². The quantitative estimate of drug-likeness (QED) is 0.904. The number of carbonyl (C=O) groups excluding carboxylic acids is 1. The number of benzene rings is 1. The van der Waals surface area contributed by atoms with E-state index in [-0.39, 0.29) is 11.9 Å². The molecular formula is C17H25NO3. The van der Waals surface area contributed by atoms with E-state index in [1.807, 2.05) is 6.92 Å². The maximum atomic E-state index is 12.4. The Balaban J connectivity index is 2.08. The summed E-state index contributed by atoms with van der Waals surface area (Å²) >= 11 is 0. The van der Waals surface area contributed by atoms with Gasteiger partial charge in [0, 0.05) is 11.6 Å². The fraction of sp³-hybridized carbons (Fsp3) is 0.588. The fourth-order valence-electron chi connectivity index (χ4n) is 2.87. The fourth-order valence-corrected chi connectivity index (χ4v) is 2.87. The molecule has 0 aliphatic heterocycles. The molecule has 1 aromatic rings. The highest BCUT2D eigenvalue weighted by atomic mass is 16.5. The predicted molar refractivity (Wildman–Crippen MR) is 83.0 cm³/mol. The number of amides is 1. The Morgan fingerprint density at radius 2 is 2.05 bits per heavy atom. The first kappa shape index (κ1) is 15.7. The summed E-state index contributed by atoms with van der Waals surface area (Å²) in [5, 5.41) is 3.15. The first-order chi connectivity index (χ1) is 10.2. The van der Waals surface area contributed by atoms with Gasteiger partial charge in [-0.05, 0) is 43.9 Å². The molecule has 1 amide bonds. The SMILES string of the molecule is CCOc1ccc(C(=O)N[C@@H]2CCCC[C@@H]2C)cc1OC. The van der Waals surface area contributed by atoms with Crippen LogP contribution in [0.2, 0.25) is 0 Å². The summed E-state index contributed by atoms with van der Waals surface area (Å²) in [6, 6.07) is 5.61. The molecule has 1 fully saturated rings. The van der Waals surface area contributed by atoms with Gasteiger partial charge in [-0.1, -0.05) is 19.8 Å². The van der Waals surface area contributed by atoms with E-state index in [0.29, 0.717) is 29.6 Å². The molecule has 1 saturated carbocycles. The first-order valence-corrected chi connectivity index (χ1v) is 7.77. The van der Waals surface area contributed by atoms with Crippen molar-refractivity contribution < 1.29 is 14.3 Å². The van der Waals surface area contributed by atoms with Gasteiger partial charge in [-0.15, -0.1) is 0 Å². The lowest BCUT2D eigenvalue weighted by Gasteiger charge is -2.29. The van der Waals surface area contributed by atoms with E-state index in [1.165, 1.54) is 19.3 Å². The summed E-state index contributed by atoms with van der Waals surface area (Å²) in [4.78, 5) is 12.4. The van der Waals surface area contributed by atoms with Crippen LogP contribution in [0.4, 0.5) is 0 Å². The first-order valence-electron chi connectivity index (χ1n) is 7.77. The second-order valence-electron chi connectivity index (χ2n) is 5.64. The number of nitrogens with one attached hydrogen (secondary N) is 1. The lowest BCUT2D eigenvalue weighted by Crippen LogP contribution is -2.41. The van der Waals surface area contributed by atoms with E-state index < -0.39 is 0 Å². The minimum atomic E-state index is -0.0323. The maximum absolute atomic E-state index is 12.4. The average molecular weight is 291 g/mol. The third-order valence-corrected chi connectivity index (χ3v) is 4.15. The Morgan fingerprint density at radius 3 is 2.71 bits per heavy atom. The molecule has 0 heterocycles. The Labute approximate surface area is 126 Å². The van der Waals surface area contributed by atoms with Crippen LogP contribution in [-0.4, -0.2) is 25.7 Å². The van der Waals surface area contributed by atoms with Crippen LogP contribution >= 0.6 is 0 Å². The molecule has 21 heavy (non-hydrogen) atoms. The Kier molecular flexibility index (Phi) is 5.48. The largest absolute Gasteiger partial charge is 0.493 e. The summed E-state index contributed by atoms with van der Waals surface area (Å²) in [5.74, 6) is 1.78. The molecule has 2 rings (SSSR count). The summed E-state index contributed by atoms with van der Waals surface area (Å²) in [5.41, 5.74) is 0.619. The summed E-state index contributed by atoms with van der Waals surface area (Å²) in [7, 11) is 1.59. The maximum Gasteiger partial charge on any atom is 0.251 e. The zero-order chi connectivity index (χ0) is 15.2. The van der Waals surface area contributed by atoms with E-state index in [2.05, 4.69) is 12.2 Å². The molecule has 116 valence electrons. The molecule has 4 heteroatoms. The Morgan fingerprint density at radius 1 is 1.29 bits per heavy atom. The highest BCUT2D eigenvalue weighted by Crippen LogP contribution is 2.29. The highest BCUT2D eigenvalue weighted by molar-refractivity contribution is 5.95. The van der Waals surface area contributed by atoms with Gasteiger partial charge in [0.1, 0.15) is 0 Å². The molecule has 0 saturated heterocycles. The van der Waals surface area contributed by atoms with Crippen molar-refractivity contribution in [1.82, 2.24) is 5.32 Å². The molecule has 0 bridgehead atoms. The number of carbonyl (C=O) groups is 1. The summed E-state index contributed by atoms with van der Waals surface area (Å²) < 4.78 is 10.8. The average Bonchev–Trinajstić information content (AvgIpc) is 2.50. The van der Waals surface area contributed by atoms with Gasteiger partial charge in [0.15, 0.2) is 11.5 Å². The molecule has 0 spiro atoms. The Bertz CT molecular complexity index is 487. The number of ether oxygens (including phenoxy) is 2.